The minimum absolute atomic E-state index is 0.0259. The Kier molecular flexibility index (Phi) is 5.05. The Morgan fingerprint density at radius 1 is 0.889 bits per heavy atom. The molecule has 0 N–H and O–H groups in total. The van der Waals surface area contributed by atoms with Crippen LogP contribution in [0.4, 0.5) is 0 Å². The molecule has 3 nitrogen and oxygen atoms in total. The molecule has 0 saturated carbocycles. The average Bonchev–Trinajstić information content (AvgIpc) is 3.22. The summed E-state index contributed by atoms with van der Waals surface area (Å²) >= 11 is 8.19. The summed E-state index contributed by atoms with van der Waals surface area (Å²) in [5.41, 5.74) is 6.54. The number of nitrogens with zero attached hydrogens (tertiary/aromatic N) is 2. The van der Waals surface area contributed by atoms with E-state index < -0.39 is 0 Å². The van der Waals surface area contributed by atoms with Crippen LogP contribution in [0.25, 0.3) is 22.5 Å². The van der Waals surface area contributed by atoms with Gasteiger partial charge in [0.25, 0.3) is 5.56 Å². The second-order valence-electron chi connectivity index (χ2n) is 9.20. The molecular formula is C31H21ClN2OS. The summed E-state index contributed by atoms with van der Waals surface area (Å²) in [6.07, 6.45) is 3.78. The Bertz CT molecular complexity index is 1890. The molecule has 1 aliphatic carbocycles. The van der Waals surface area contributed by atoms with Crippen LogP contribution in [0.3, 0.4) is 0 Å². The third-order valence-electron chi connectivity index (χ3n) is 7.18. The molecule has 0 saturated heterocycles. The average molecular weight is 505 g/mol. The highest BCUT2D eigenvalue weighted by atomic mass is 35.5. The van der Waals surface area contributed by atoms with Gasteiger partial charge in [-0.05, 0) is 58.0 Å². The Labute approximate surface area is 217 Å². The second-order valence-corrected chi connectivity index (χ2v) is 10.6. The first-order chi connectivity index (χ1) is 17.7. The third kappa shape index (κ3) is 3.33. The first kappa shape index (κ1) is 21.5. The Hall–Kier alpha value is -3.73. The minimum Gasteiger partial charge on any atom is -0.272 e. The van der Waals surface area contributed by atoms with E-state index in [0.717, 1.165) is 51.6 Å². The quantitative estimate of drug-likeness (QED) is 0.285. The number of benzene rings is 4. The lowest BCUT2D eigenvalue weighted by molar-refractivity contribution is 0.585. The number of hydrogen-bond donors (Lipinski definition) is 0. The Balaban J connectivity index is 1.52. The van der Waals surface area contributed by atoms with Gasteiger partial charge in [0.15, 0.2) is 4.80 Å². The summed E-state index contributed by atoms with van der Waals surface area (Å²) in [7, 11) is 0. The molecule has 1 atom stereocenters. The molecule has 0 radical (unpaired) electrons. The van der Waals surface area contributed by atoms with Crippen molar-refractivity contribution in [1.29, 1.82) is 0 Å². The molecule has 1 aliphatic heterocycles. The van der Waals surface area contributed by atoms with E-state index in [1.807, 2.05) is 53.1 Å². The first-order valence-electron chi connectivity index (χ1n) is 12.0. The van der Waals surface area contributed by atoms with Gasteiger partial charge in [0.2, 0.25) is 0 Å². The lowest BCUT2D eigenvalue weighted by Gasteiger charge is -2.31. The van der Waals surface area contributed by atoms with E-state index in [2.05, 4.69) is 48.5 Å². The Morgan fingerprint density at radius 2 is 1.67 bits per heavy atom. The van der Waals surface area contributed by atoms with Crippen LogP contribution in [-0.2, 0) is 6.42 Å². The van der Waals surface area contributed by atoms with E-state index in [-0.39, 0.29) is 11.6 Å². The maximum atomic E-state index is 14.0. The van der Waals surface area contributed by atoms with Crippen LogP contribution in [-0.4, -0.2) is 4.57 Å². The summed E-state index contributed by atoms with van der Waals surface area (Å²) in [5.74, 6) is 0. The van der Waals surface area contributed by atoms with Crippen molar-refractivity contribution in [3.05, 3.63) is 144 Å². The predicted octanol–water partition coefficient (Wildman–Crippen LogP) is 6.13. The maximum absolute atomic E-state index is 14.0. The van der Waals surface area contributed by atoms with Crippen molar-refractivity contribution >= 4 is 45.5 Å². The van der Waals surface area contributed by atoms with E-state index in [9.17, 15) is 4.79 Å². The van der Waals surface area contributed by atoms with Gasteiger partial charge in [0.05, 0.1) is 16.3 Å². The van der Waals surface area contributed by atoms with Gasteiger partial charge in [-0.1, -0.05) is 108 Å². The molecule has 2 heterocycles. The molecule has 4 aromatic carbocycles. The van der Waals surface area contributed by atoms with Gasteiger partial charge < -0.3 is 0 Å². The molecule has 2 aliphatic rings. The van der Waals surface area contributed by atoms with E-state index >= 15 is 0 Å². The summed E-state index contributed by atoms with van der Waals surface area (Å²) in [4.78, 5) is 19.8. The molecular weight excluding hydrogens is 484 g/mol. The second kappa shape index (κ2) is 8.44. The van der Waals surface area contributed by atoms with E-state index in [1.165, 1.54) is 16.9 Å². The zero-order valence-electron chi connectivity index (χ0n) is 19.3. The fourth-order valence-electron chi connectivity index (χ4n) is 5.51. The number of halogens is 1. The zero-order chi connectivity index (χ0) is 24.2. The van der Waals surface area contributed by atoms with Gasteiger partial charge in [-0.3, -0.25) is 9.36 Å². The number of aryl methyl sites for hydroxylation is 1. The van der Waals surface area contributed by atoms with Crippen LogP contribution in [0.15, 0.2) is 106 Å². The molecule has 1 aromatic heterocycles. The highest BCUT2D eigenvalue weighted by Crippen LogP contribution is 2.42. The lowest BCUT2D eigenvalue weighted by Crippen LogP contribution is -2.38. The van der Waals surface area contributed by atoms with Crippen molar-refractivity contribution in [3.63, 3.8) is 0 Å². The lowest BCUT2D eigenvalue weighted by atomic mass is 9.83. The molecule has 36 heavy (non-hydrogen) atoms. The molecule has 0 fully saturated rings. The Morgan fingerprint density at radius 3 is 2.58 bits per heavy atom. The normalized spacial score (nSPS) is 16.9. The highest BCUT2D eigenvalue weighted by molar-refractivity contribution is 7.07. The molecule has 5 heteroatoms. The van der Waals surface area contributed by atoms with Crippen molar-refractivity contribution in [2.24, 2.45) is 4.99 Å². The summed E-state index contributed by atoms with van der Waals surface area (Å²) in [6, 6.07) is 30.5. The van der Waals surface area contributed by atoms with Crippen LogP contribution in [0.5, 0.6) is 0 Å². The highest BCUT2D eigenvalue weighted by Gasteiger charge is 2.33. The summed E-state index contributed by atoms with van der Waals surface area (Å²) in [5, 5.41) is 2.94. The fourth-order valence-corrected chi connectivity index (χ4v) is 6.74. The molecule has 0 unspecified atom stereocenters. The SMILES string of the molecule is O=c1/c(=C\c2cccc3ccccc23)sc2n1[C@@H](c1ccccc1Cl)C1=C(N=2)c2ccccc2CC1. The van der Waals surface area contributed by atoms with Gasteiger partial charge in [-0.25, -0.2) is 4.99 Å². The molecule has 0 bridgehead atoms. The summed E-state index contributed by atoms with van der Waals surface area (Å²) in [6.45, 7) is 0. The molecule has 0 amide bonds. The van der Waals surface area contributed by atoms with Crippen LogP contribution >= 0.6 is 22.9 Å². The topological polar surface area (TPSA) is 34.4 Å². The van der Waals surface area contributed by atoms with Crippen molar-refractivity contribution in [2.75, 3.05) is 0 Å². The number of aromatic nitrogens is 1. The largest absolute Gasteiger partial charge is 0.272 e. The van der Waals surface area contributed by atoms with Crippen molar-refractivity contribution < 1.29 is 0 Å². The van der Waals surface area contributed by atoms with Gasteiger partial charge in [-0.2, -0.15) is 0 Å². The van der Waals surface area contributed by atoms with Crippen LogP contribution in [0.1, 0.15) is 34.7 Å². The molecule has 0 spiro atoms. The zero-order valence-corrected chi connectivity index (χ0v) is 20.9. The smallest absolute Gasteiger partial charge is 0.271 e. The predicted molar refractivity (Wildman–Crippen MR) is 148 cm³/mol. The van der Waals surface area contributed by atoms with Crippen molar-refractivity contribution in [2.45, 2.75) is 18.9 Å². The maximum Gasteiger partial charge on any atom is 0.271 e. The van der Waals surface area contributed by atoms with Crippen LogP contribution < -0.4 is 14.9 Å². The third-order valence-corrected chi connectivity index (χ3v) is 8.51. The van der Waals surface area contributed by atoms with Gasteiger partial charge >= 0.3 is 0 Å². The van der Waals surface area contributed by atoms with Crippen molar-refractivity contribution in [3.8, 4) is 0 Å². The van der Waals surface area contributed by atoms with Gasteiger partial charge in [-0.15, -0.1) is 0 Å². The number of hydrogen-bond acceptors (Lipinski definition) is 3. The van der Waals surface area contributed by atoms with Gasteiger partial charge in [0.1, 0.15) is 0 Å². The monoisotopic (exact) mass is 504 g/mol. The van der Waals surface area contributed by atoms with Crippen LogP contribution in [0.2, 0.25) is 5.02 Å². The number of thiazole rings is 1. The molecule has 5 aromatic rings. The standard InChI is InChI=1S/C31H21ClN2OS/c32-26-15-6-5-14-24(26)29-25-17-16-20-9-2-4-13-23(20)28(25)33-31-34(29)30(35)27(36-31)18-21-11-7-10-19-8-1-3-12-22(19)21/h1-15,18,29H,16-17H2/b27-18+/t29-/m0/s1. The minimum atomic E-state index is -0.270. The van der Waals surface area contributed by atoms with Gasteiger partial charge in [0, 0.05) is 10.6 Å². The number of rotatable bonds is 2. The van der Waals surface area contributed by atoms with Crippen LogP contribution in [0, 0.1) is 0 Å². The summed E-state index contributed by atoms with van der Waals surface area (Å²) < 4.78 is 2.53. The molecule has 7 rings (SSSR count). The van der Waals surface area contributed by atoms with E-state index in [1.54, 1.807) is 0 Å². The number of allylic oxidation sites excluding steroid dienone is 1. The fraction of sp³-hybridized carbons (Fsp3) is 0.0968. The van der Waals surface area contributed by atoms with E-state index in [4.69, 9.17) is 16.6 Å². The first-order valence-corrected chi connectivity index (χ1v) is 13.2. The molecule has 174 valence electrons. The van der Waals surface area contributed by atoms with E-state index in [0.29, 0.717) is 14.4 Å². The number of fused-ring (bicyclic) bond motifs is 4. The van der Waals surface area contributed by atoms with Crippen molar-refractivity contribution in [1.82, 2.24) is 4.57 Å².